The fourth-order valence-corrected chi connectivity index (χ4v) is 1.76. The lowest BCUT2D eigenvalue weighted by atomic mass is 9.83. The summed E-state index contributed by atoms with van der Waals surface area (Å²) in [6, 6.07) is 0. The summed E-state index contributed by atoms with van der Waals surface area (Å²) in [5.41, 5.74) is -0.513. The lowest BCUT2D eigenvalue weighted by Crippen LogP contribution is -2.30. The van der Waals surface area contributed by atoms with Crippen LogP contribution in [0, 0.1) is 11.8 Å². The van der Waals surface area contributed by atoms with Crippen molar-refractivity contribution in [2.75, 3.05) is 0 Å². The predicted molar refractivity (Wildman–Crippen MR) is 49.7 cm³/mol. The summed E-state index contributed by atoms with van der Waals surface area (Å²) >= 11 is 0. The van der Waals surface area contributed by atoms with Gasteiger partial charge in [0.2, 0.25) is 0 Å². The topological polar surface area (TPSA) is 63.6 Å². The summed E-state index contributed by atoms with van der Waals surface area (Å²) in [6.45, 7) is 5.31. The molecule has 1 rings (SSSR count). The minimum Gasteiger partial charge on any atom is -0.481 e. The van der Waals surface area contributed by atoms with Crippen molar-refractivity contribution in [3.8, 4) is 0 Å². The van der Waals surface area contributed by atoms with Gasteiger partial charge in [-0.05, 0) is 20.3 Å². The van der Waals surface area contributed by atoms with E-state index in [1.807, 2.05) is 13.8 Å². The third-order valence-electron chi connectivity index (χ3n) is 2.83. The average Bonchev–Trinajstić information content (AvgIpc) is 2.24. The van der Waals surface area contributed by atoms with Gasteiger partial charge in [0, 0.05) is 5.92 Å². The van der Waals surface area contributed by atoms with Crippen molar-refractivity contribution >= 4 is 11.9 Å². The summed E-state index contributed by atoms with van der Waals surface area (Å²) in [6.07, 6.45) is 0.832. The smallest absolute Gasteiger partial charge is 0.306 e. The van der Waals surface area contributed by atoms with E-state index >= 15 is 0 Å². The van der Waals surface area contributed by atoms with Gasteiger partial charge in [0.05, 0.1) is 12.3 Å². The number of hydrogen-bond donors (Lipinski definition) is 1. The van der Waals surface area contributed by atoms with Crippen molar-refractivity contribution in [2.24, 2.45) is 11.8 Å². The number of carboxylic acid groups (broad SMARTS) is 1. The van der Waals surface area contributed by atoms with Crippen LogP contribution in [0.2, 0.25) is 0 Å². The highest BCUT2D eigenvalue weighted by Crippen LogP contribution is 2.36. The molecule has 2 unspecified atom stereocenters. The number of carbonyl (C=O) groups excluding carboxylic acids is 1. The Labute approximate surface area is 83.2 Å². The van der Waals surface area contributed by atoms with Gasteiger partial charge < -0.3 is 9.84 Å². The molecule has 0 bridgehead atoms. The molecule has 4 heteroatoms. The molecule has 1 aliphatic rings. The van der Waals surface area contributed by atoms with E-state index in [4.69, 9.17) is 9.84 Å². The van der Waals surface area contributed by atoms with E-state index in [0.717, 1.165) is 0 Å². The highest BCUT2D eigenvalue weighted by molar-refractivity contribution is 5.73. The van der Waals surface area contributed by atoms with Crippen LogP contribution in [-0.4, -0.2) is 22.6 Å². The Bertz CT molecular complexity index is 257. The van der Waals surface area contributed by atoms with Crippen LogP contribution in [0.15, 0.2) is 0 Å². The molecule has 0 aromatic rings. The minimum atomic E-state index is -0.819. The number of cyclic esters (lactones) is 1. The Morgan fingerprint density at radius 2 is 2.29 bits per heavy atom. The second-order valence-electron chi connectivity index (χ2n) is 4.45. The van der Waals surface area contributed by atoms with Crippen molar-refractivity contribution in [3.05, 3.63) is 0 Å². The number of aliphatic carboxylic acids is 1. The summed E-state index contributed by atoms with van der Waals surface area (Å²) in [7, 11) is 0. The van der Waals surface area contributed by atoms with E-state index in [2.05, 4.69) is 0 Å². The summed E-state index contributed by atoms with van der Waals surface area (Å²) in [5, 5.41) is 8.75. The SMILES string of the molecule is CC(CC1CC(=O)OC1(C)C)C(=O)O. The van der Waals surface area contributed by atoms with Gasteiger partial charge >= 0.3 is 11.9 Å². The minimum absolute atomic E-state index is 0.0149. The van der Waals surface area contributed by atoms with Crippen molar-refractivity contribution in [3.63, 3.8) is 0 Å². The fraction of sp³-hybridized carbons (Fsp3) is 0.800. The van der Waals surface area contributed by atoms with Crippen molar-refractivity contribution in [2.45, 2.75) is 39.2 Å². The molecular weight excluding hydrogens is 184 g/mol. The van der Waals surface area contributed by atoms with Gasteiger partial charge in [-0.25, -0.2) is 0 Å². The number of rotatable bonds is 3. The number of hydrogen-bond acceptors (Lipinski definition) is 3. The lowest BCUT2D eigenvalue weighted by Gasteiger charge is -2.25. The van der Waals surface area contributed by atoms with Gasteiger partial charge in [-0.15, -0.1) is 0 Å². The van der Waals surface area contributed by atoms with Crippen LogP contribution in [0.5, 0.6) is 0 Å². The second-order valence-corrected chi connectivity index (χ2v) is 4.45. The monoisotopic (exact) mass is 200 g/mol. The Morgan fingerprint density at radius 1 is 1.71 bits per heavy atom. The number of esters is 1. The fourth-order valence-electron chi connectivity index (χ4n) is 1.76. The zero-order valence-corrected chi connectivity index (χ0v) is 8.74. The first kappa shape index (κ1) is 11.0. The first-order valence-electron chi connectivity index (χ1n) is 4.77. The van der Waals surface area contributed by atoms with Crippen LogP contribution < -0.4 is 0 Å². The molecule has 80 valence electrons. The number of carboxylic acids is 1. The number of carbonyl (C=O) groups is 2. The molecular formula is C10H16O4. The molecule has 2 atom stereocenters. The van der Waals surface area contributed by atoms with E-state index in [-0.39, 0.29) is 11.9 Å². The van der Waals surface area contributed by atoms with Crippen LogP contribution in [0.4, 0.5) is 0 Å². The molecule has 0 aromatic heterocycles. The van der Waals surface area contributed by atoms with Gasteiger partial charge in [-0.3, -0.25) is 9.59 Å². The molecule has 0 spiro atoms. The van der Waals surface area contributed by atoms with E-state index < -0.39 is 17.5 Å². The van der Waals surface area contributed by atoms with Gasteiger partial charge in [0.15, 0.2) is 0 Å². The average molecular weight is 200 g/mol. The molecule has 0 aliphatic carbocycles. The van der Waals surface area contributed by atoms with E-state index in [1.54, 1.807) is 6.92 Å². The zero-order valence-electron chi connectivity index (χ0n) is 8.74. The van der Waals surface area contributed by atoms with E-state index in [1.165, 1.54) is 0 Å². The normalized spacial score (nSPS) is 27.1. The maximum absolute atomic E-state index is 11.1. The predicted octanol–water partition coefficient (Wildman–Crippen LogP) is 1.44. The Morgan fingerprint density at radius 3 is 2.64 bits per heavy atom. The molecule has 1 heterocycles. The van der Waals surface area contributed by atoms with Crippen LogP contribution in [0.3, 0.4) is 0 Å². The first-order valence-corrected chi connectivity index (χ1v) is 4.77. The first-order chi connectivity index (χ1) is 6.33. The maximum Gasteiger partial charge on any atom is 0.306 e. The third kappa shape index (κ3) is 2.25. The molecule has 4 nitrogen and oxygen atoms in total. The van der Waals surface area contributed by atoms with Gasteiger partial charge in [-0.1, -0.05) is 6.92 Å². The summed E-state index contributed by atoms with van der Waals surface area (Å²) in [5.74, 6) is -1.45. The van der Waals surface area contributed by atoms with Crippen molar-refractivity contribution in [1.82, 2.24) is 0 Å². The van der Waals surface area contributed by atoms with Crippen LogP contribution in [-0.2, 0) is 14.3 Å². The van der Waals surface area contributed by atoms with Gasteiger partial charge in [0.1, 0.15) is 5.60 Å². The van der Waals surface area contributed by atoms with Gasteiger partial charge in [-0.2, -0.15) is 0 Å². The maximum atomic E-state index is 11.1. The highest BCUT2D eigenvalue weighted by Gasteiger charge is 2.42. The Balaban J connectivity index is 2.61. The van der Waals surface area contributed by atoms with Crippen LogP contribution in [0.25, 0.3) is 0 Å². The molecule has 0 radical (unpaired) electrons. The van der Waals surface area contributed by atoms with E-state index in [9.17, 15) is 9.59 Å². The molecule has 1 N–H and O–H groups in total. The van der Waals surface area contributed by atoms with Crippen molar-refractivity contribution in [1.29, 1.82) is 0 Å². The Hall–Kier alpha value is -1.06. The molecule has 1 aliphatic heterocycles. The standard InChI is InChI=1S/C10H16O4/c1-6(9(12)13)4-7-5-8(11)14-10(7,2)3/h6-7H,4-5H2,1-3H3,(H,12,13). The molecule has 14 heavy (non-hydrogen) atoms. The van der Waals surface area contributed by atoms with Crippen molar-refractivity contribution < 1.29 is 19.4 Å². The number of ether oxygens (including phenoxy) is 1. The molecule has 1 saturated heterocycles. The quantitative estimate of drug-likeness (QED) is 0.700. The zero-order chi connectivity index (χ0) is 10.9. The van der Waals surface area contributed by atoms with E-state index in [0.29, 0.717) is 12.8 Å². The second kappa shape index (κ2) is 3.59. The molecule has 1 fully saturated rings. The third-order valence-corrected chi connectivity index (χ3v) is 2.83. The Kier molecular flexibility index (Phi) is 2.83. The van der Waals surface area contributed by atoms with Crippen LogP contribution >= 0.6 is 0 Å². The molecule has 0 amide bonds. The molecule has 0 saturated carbocycles. The van der Waals surface area contributed by atoms with Gasteiger partial charge in [0.25, 0.3) is 0 Å². The van der Waals surface area contributed by atoms with Crippen LogP contribution in [0.1, 0.15) is 33.6 Å². The summed E-state index contributed by atoms with van der Waals surface area (Å²) in [4.78, 5) is 21.7. The highest BCUT2D eigenvalue weighted by atomic mass is 16.6. The largest absolute Gasteiger partial charge is 0.481 e. The lowest BCUT2D eigenvalue weighted by molar-refractivity contribution is -0.146. The molecule has 0 aromatic carbocycles. The summed E-state index contributed by atoms with van der Waals surface area (Å²) < 4.78 is 5.11.